The zero-order chi connectivity index (χ0) is 18.8. The lowest BCUT2D eigenvalue weighted by Crippen LogP contribution is -2.11. The molecule has 134 valence electrons. The van der Waals surface area contributed by atoms with Gasteiger partial charge < -0.3 is 14.9 Å². The zero-order valence-electron chi connectivity index (χ0n) is 12.7. The van der Waals surface area contributed by atoms with Gasteiger partial charge in [0.25, 0.3) is 5.69 Å². The molecule has 2 aromatic rings. The van der Waals surface area contributed by atoms with Crippen molar-refractivity contribution in [3.05, 3.63) is 56.0 Å². The van der Waals surface area contributed by atoms with Crippen molar-refractivity contribution < 1.29 is 27.8 Å². The summed E-state index contributed by atoms with van der Waals surface area (Å²) in [5.41, 5.74) is -2.54. The summed E-state index contributed by atoms with van der Waals surface area (Å²) in [5.74, 6) is -0.409. The van der Waals surface area contributed by atoms with E-state index in [1.54, 1.807) is 6.92 Å². The third-order valence-corrected chi connectivity index (χ3v) is 3.26. The van der Waals surface area contributed by atoms with Crippen LogP contribution in [-0.4, -0.2) is 19.4 Å². The van der Waals surface area contributed by atoms with Gasteiger partial charge in [-0.3, -0.25) is 10.1 Å². The first-order chi connectivity index (χ1) is 11.6. The van der Waals surface area contributed by atoms with Crippen molar-refractivity contribution >= 4 is 11.5 Å². The van der Waals surface area contributed by atoms with Crippen LogP contribution in [0.2, 0.25) is 0 Å². The van der Waals surface area contributed by atoms with Gasteiger partial charge in [-0.25, -0.2) is 9.55 Å². The number of nitro benzene ring substituents is 1. The minimum absolute atomic E-state index is 0.140. The third-order valence-electron chi connectivity index (χ3n) is 3.26. The highest BCUT2D eigenvalue weighted by Crippen LogP contribution is 2.38. The van der Waals surface area contributed by atoms with E-state index in [-0.39, 0.29) is 30.5 Å². The topological polar surface area (TPSA) is 113 Å². The van der Waals surface area contributed by atoms with Crippen LogP contribution in [0.4, 0.5) is 24.7 Å². The van der Waals surface area contributed by atoms with Crippen molar-refractivity contribution in [2.45, 2.75) is 26.3 Å². The van der Waals surface area contributed by atoms with E-state index in [0.717, 1.165) is 12.3 Å². The van der Waals surface area contributed by atoms with E-state index >= 15 is 0 Å². The maximum atomic E-state index is 12.9. The van der Waals surface area contributed by atoms with E-state index in [1.165, 1.54) is 4.57 Å². The molecule has 0 fully saturated rings. The molecule has 0 atom stereocenters. The van der Waals surface area contributed by atoms with Crippen LogP contribution in [0.25, 0.3) is 0 Å². The largest absolute Gasteiger partial charge is 0.483 e. The molecule has 0 aliphatic rings. The molecule has 9 nitrogen and oxygen atoms in total. The molecule has 0 saturated carbocycles. The second kappa shape index (κ2) is 6.75. The molecule has 0 unspecified atom stereocenters. The summed E-state index contributed by atoms with van der Waals surface area (Å²) in [7, 11) is 0. The Bertz CT molecular complexity index is 818. The second-order valence-electron chi connectivity index (χ2n) is 4.76. The van der Waals surface area contributed by atoms with E-state index in [4.69, 9.17) is 4.74 Å². The fourth-order valence-corrected chi connectivity index (χ4v) is 2.15. The number of benzene rings is 1. The lowest BCUT2D eigenvalue weighted by atomic mass is 10.1. The number of aromatic nitrogens is 2. The van der Waals surface area contributed by atoms with Gasteiger partial charge in [0, 0.05) is 6.07 Å². The first-order valence-corrected chi connectivity index (χ1v) is 6.82. The second-order valence-corrected chi connectivity index (χ2v) is 4.76. The first-order valence-electron chi connectivity index (χ1n) is 6.82. The number of nitro groups is 2. The number of imidazole rings is 1. The standard InChI is InChI=1S/C13H11F3N4O5/c1-2-18-11(17-6-12(18)20(23)24)7-25-8-3-4-10(19(21)22)9(5-8)13(14,15)16/h3-6H,2,7H2,1H3. The number of halogens is 3. The van der Waals surface area contributed by atoms with Gasteiger partial charge >= 0.3 is 12.0 Å². The smallest absolute Gasteiger partial charge is 0.423 e. The molecule has 1 heterocycles. The number of rotatable bonds is 6. The highest BCUT2D eigenvalue weighted by molar-refractivity contribution is 5.47. The Kier molecular flexibility index (Phi) is 4.90. The van der Waals surface area contributed by atoms with Gasteiger partial charge in [-0.05, 0) is 24.0 Å². The molecule has 0 spiro atoms. The van der Waals surface area contributed by atoms with Crippen LogP contribution < -0.4 is 4.74 Å². The molecule has 0 aliphatic heterocycles. The van der Waals surface area contributed by atoms with Gasteiger partial charge in [-0.2, -0.15) is 13.2 Å². The summed E-state index contributed by atoms with van der Waals surface area (Å²) in [6.45, 7) is 1.51. The molecular formula is C13H11F3N4O5. The van der Waals surface area contributed by atoms with E-state index in [1.807, 2.05) is 0 Å². The van der Waals surface area contributed by atoms with Crippen molar-refractivity contribution in [1.29, 1.82) is 0 Å². The van der Waals surface area contributed by atoms with Crippen molar-refractivity contribution in [2.75, 3.05) is 0 Å². The summed E-state index contributed by atoms with van der Waals surface area (Å²) >= 11 is 0. The minimum Gasteiger partial charge on any atom is -0.483 e. The molecular weight excluding hydrogens is 349 g/mol. The predicted molar refractivity (Wildman–Crippen MR) is 77.0 cm³/mol. The van der Waals surface area contributed by atoms with E-state index in [9.17, 15) is 33.4 Å². The van der Waals surface area contributed by atoms with Crippen LogP contribution in [0.15, 0.2) is 24.4 Å². The molecule has 0 bridgehead atoms. The summed E-state index contributed by atoms with van der Waals surface area (Å²) in [6.07, 6.45) is -3.92. The highest BCUT2D eigenvalue weighted by atomic mass is 19.4. The summed E-state index contributed by atoms with van der Waals surface area (Å²) in [6, 6.07) is 2.21. The number of hydrogen-bond acceptors (Lipinski definition) is 6. The van der Waals surface area contributed by atoms with E-state index < -0.39 is 27.3 Å². The summed E-state index contributed by atoms with van der Waals surface area (Å²) in [5, 5.41) is 21.5. The quantitative estimate of drug-likeness (QED) is 0.577. The summed E-state index contributed by atoms with van der Waals surface area (Å²) < 4.78 is 45.1. The average molecular weight is 360 g/mol. The Balaban J connectivity index is 2.27. The minimum atomic E-state index is -4.93. The van der Waals surface area contributed by atoms with Crippen LogP contribution >= 0.6 is 0 Å². The van der Waals surface area contributed by atoms with Crippen LogP contribution in [-0.2, 0) is 19.3 Å². The monoisotopic (exact) mass is 360 g/mol. The molecule has 2 rings (SSSR count). The van der Waals surface area contributed by atoms with Crippen LogP contribution in [0, 0.1) is 20.2 Å². The van der Waals surface area contributed by atoms with Crippen LogP contribution in [0.1, 0.15) is 18.3 Å². The number of ether oxygens (including phenoxy) is 1. The average Bonchev–Trinajstić information content (AvgIpc) is 2.94. The van der Waals surface area contributed by atoms with Crippen molar-refractivity contribution in [2.24, 2.45) is 0 Å². The Labute approximate surface area is 138 Å². The predicted octanol–water partition coefficient (Wildman–Crippen LogP) is 3.32. The third kappa shape index (κ3) is 3.84. The molecule has 1 aromatic heterocycles. The first kappa shape index (κ1) is 18.2. The van der Waals surface area contributed by atoms with Crippen molar-refractivity contribution in [1.82, 2.24) is 9.55 Å². The molecule has 0 N–H and O–H groups in total. The van der Waals surface area contributed by atoms with Crippen molar-refractivity contribution in [3.63, 3.8) is 0 Å². The van der Waals surface area contributed by atoms with Gasteiger partial charge in [-0.1, -0.05) is 0 Å². The molecule has 25 heavy (non-hydrogen) atoms. The Morgan fingerprint density at radius 3 is 2.44 bits per heavy atom. The van der Waals surface area contributed by atoms with Crippen LogP contribution in [0.5, 0.6) is 5.75 Å². The Morgan fingerprint density at radius 2 is 1.92 bits per heavy atom. The summed E-state index contributed by atoms with van der Waals surface area (Å²) in [4.78, 5) is 23.6. The van der Waals surface area contributed by atoms with Gasteiger partial charge in [-0.15, -0.1) is 0 Å². The van der Waals surface area contributed by atoms with Crippen LogP contribution in [0.3, 0.4) is 0 Å². The van der Waals surface area contributed by atoms with E-state index in [0.29, 0.717) is 12.1 Å². The molecule has 0 aliphatic carbocycles. The molecule has 0 saturated heterocycles. The number of nitrogens with zero attached hydrogens (tertiary/aromatic N) is 4. The van der Waals surface area contributed by atoms with Crippen molar-refractivity contribution in [3.8, 4) is 5.75 Å². The lowest BCUT2D eigenvalue weighted by molar-refractivity contribution is -0.392. The Hall–Kier alpha value is -3.18. The lowest BCUT2D eigenvalue weighted by Gasteiger charge is -2.10. The van der Waals surface area contributed by atoms with Gasteiger partial charge in [0.15, 0.2) is 6.61 Å². The fourth-order valence-electron chi connectivity index (χ4n) is 2.15. The normalized spacial score (nSPS) is 11.4. The maximum Gasteiger partial charge on any atom is 0.423 e. The Morgan fingerprint density at radius 1 is 1.24 bits per heavy atom. The maximum absolute atomic E-state index is 12.9. The molecule has 1 aromatic carbocycles. The van der Waals surface area contributed by atoms with Gasteiger partial charge in [0.1, 0.15) is 17.5 Å². The molecule has 0 radical (unpaired) electrons. The molecule has 0 amide bonds. The van der Waals surface area contributed by atoms with Gasteiger partial charge in [0.2, 0.25) is 5.82 Å². The zero-order valence-corrected chi connectivity index (χ0v) is 12.7. The molecule has 12 heteroatoms. The fraction of sp³-hybridized carbons (Fsp3) is 0.308. The SMILES string of the molecule is CCn1c([N+](=O)[O-])cnc1COc1ccc([N+](=O)[O-])c(C(F)(F)F)c1. The van der Waals surface area contributed by atoms with E-state index in [2.05, 4.69) is 4.98 Å². The number of alkyl halides is 3. The highest BCUT2D eigenvalue weighted by Gasteiger charge is 2.38. The van der Waals surface area contributed by atoms with Gasteiger partial charge in [0.05, 0.1) is 11.5 Å². The number of hydrogen-bond donors (Lipinski definition) is 0.